The molecule has 7 rings (SSSR count). The smallest absolute Gasteiger partial charge is 0.228 e. The first-order valence-electron chi connectivity index (χ1n) is 15.5. The van der Waals surface area contributed by atoms with E-state index in [1.54, 1.807) is 0 Å². The molecule has 1 aromatic heterocycles. The van der Waals surface area contributed by atoms with E-state index in [1.807, 2.05) is 0 Å². The lowest BCUT2D eigenvalue weighted by Gasteiger charge is -2.35. The predicted molar refractivity (Wildman–Crippen MR) is 169 cm³/mol. The van der Waals surface area contributed by atoms with Crippen LogP contribution in [0.25, 0.3) is 43.6 Å². The topological polar surface area (TPSA) is 13.1 Å². The number of ether oxygens (including phenoxy) is 1. The molecule has 2 aliphatic rings. The summed E-state index contributed by atoms with van der Waals surface area (Å²) in [6.07, 6.45) is 10.5. The highest BCUT2D eigenvalue weighted by molar-refractivity contribution is 6.17. The predicted octanol–water partition coefficient (Wildman–Crippen LogP) is 10.3. The van der Waals surface area contributed by atoms with Gasteiger partial charge in [0.2, 0.25) is 5.69 Å². The summed E-state index contributed by atoms with van der Waals surface area (Å²) in [5.41, 5.74) is 8.60. The van der Waals surface area contributed by atoms with Gasteiger partial charge in [0.25, 0.3) is 0 Å². The van der Waals surface area contributed by atoms with Gasteiger partial charge in [0.05, 0.1) is 10.9 Å². The van der Waals surface area contributed by atoms with Crippen molar-refractivity contribution in [2.45, 2.75) is 85.5 Å². The molecule has 0 bridgehead atoms. The molecular weight excluding hydrogens is 486 g/mol. The lowest BCUT2D eigenvalue weighted by molar-refractivity contribution is -0.659. The van der Waals surface area contributed by atoms with Crippen LogP contribution in [0.2, 0.25) is 0 Å². The average Bonchev–Trinajstić information content (AvgIpc) is 2.95. The molecule has 1 fully saturated rings. The lowest BCUT2D eigenvalue weighted by Crippen LogP contribution is -2.32. The molecule has 0 unspecified atom stereocenters. The van der Waals surface area contributed by atoms with Crippen LogP contribution in [0.1, 0.15) is 88.0 Å². The van der Waals surface area contributed by atoms with Gasteiger partial charge in [-0.05, 0) is 101 Å². The summed E-state index contributed by atoms with van der Waals surface area (Å²) in [6.45, 7) is 11.7. The van der Waals surface area contributed by atoms with E-state index in [1.165, 1.54) is 91.5 Å². The van der Waals surface area contributed by atoms with Crippen LogP contribution in [-0.4, -0.2) is 0 Å². The van der Waals surface area contributed by atoms with E-state index in [2.05, 4.69) is 101 Å². The third-order valence-corrected chi connectivity index (χ3v) is 10.1. The molecule has 0 saturated heterocycles. The molecule has 1 saturated carbocycles. The lowest BCUT2D eigenvalue weighted by atomic mass is 9.70. The molecule has 2 nitrogen and oxygen atoms in total. The van der Waals surface area contributed by atoms with Crippen LogP contribution < -0.4 is 9.30 Å². The minimum Gasteiger partial charge on any atom is -0.455 e. The zero-order valence-corrected chi connectivity index (χ0v) is 25.1. The van der Waals surface area contributed by atoms with E-state index in [4.69, 9.17) is 4.74 Å². The van der Waals surface area contributed by atoms with Crippen molar-refractivity contribution in [2.24, 2.45) is 12.5 Å². The second-order valence-corrected chi connectivity index (χ2v) is 13.2. The largest absolute Gasteiger partial charge is 0.455 e. The van der Waals surface area contributed by atoms with Crippen LogP contribution in [0.5, 0.6) is 11.5 Å². The number of hydrogen-bond donors (Lipinski definition) is 0. The van der Waals surface area contributed by atoms with E-state index in [9.17, 15) is 0 Å². The summed E-state index contributed by atoms with van der Waals surface area (Å²) < 4.78 is 9.43. The van der Waals surface area contributed by atoms with Crippen LogP contribution in [0.3, 0.4) is 0 Å². The van der Waals surface area contributed by atoms with Crippen LogP contribution in [0.4, 0.5) is 0 Å². The molecule has 0 N–H and O–H groups in total. The highest BCUT2D eigenvalue weighted by Gasteiger charge is 2.34. The van der Waals surface area contributed by atoms with Crippen molar-refractivity contribution in [1.82, 2.24) is 0 Å². The van der Waals surface area contributed by atoms with Crippen molar-refractivity contribution >= 4 is 32.3 Å². The maximum atomic E-state index is 7.10. The molecule has 0 spiro atoms. The zero-order chi connectivity index (χ0) is 27.8. The van der Waals surface area contributed by atoms with E-state index < -0.39 is 0 Å². The molecule has 0 atom stereocenters. The second kappa shape index (κ2) is 9.33. The highest BCUT2D eigenvalue weighted by Crippen LogP contribution is 2.53. The van der Waals surface area contributed by atoms with Crippen molar-refractivity contribution in [3.05, 3.63) is 77.0 Å². The normalized spacial score (nSPS) is 16.4. The van der Waals surface area contributed by atoms with Gasteiger partial charge in [0.15, 0.2) is 6.20 Å². The molecule has 1 aliphatic carbocycles. The molecule has 40 heavy (non-hydrogen) atoms. The Bertz CT molecular complexity index is 1820. The average molecular weight is 529 g/mol. The van der Waals surface area contributed by atoms with Gasteiger partial charge in [0.1, 0.15) is 18.5 Å². The van der Waals surface area contributed by atoms with Gasteiger partial charge in [-0.2, -0.15) is 0 Å². The molecule has 5 aromatic rings. The van der Waals surface area contributed by atoms with Crippen LogP contribution in [0, 0.1) is 12.3 Å². The third-order valence-electron chi connectivity index (χ3n) is 10.1. The fourth-order valence-corrected chi connectivity index (χ4v) is 7.72. The number of rotatable bonds is 4. The van der Waals surface area contributed by atoms with Crippen molar-refractivity contribution in [1.29, 1.82) is 0 Å². The fraction of sp³-hybridized carbons (Fsp3) is 0.395. The summed E-state index contributed by atoms with van der Waals surface area (Å²) in [5, 5.41) is 8.01. The standard InChI is InChI=1S/C38H42NO/c1-7-10-30-28-14-13-24(8-2)21-31(28)23(3)34-36-35-29(17-20-39(36)6)27-12-9-11-26(25-15-18-38(4,5)19-16-25)32(27)22-33(35)40-37(30)34/h9,11-14,17,20-22,25H,7-8,10,15-16,18-19H2,1-6H3/q+1. The maximum absolute atomic E-state index is 7.10. The first-order valence-corrected chi connectivity index (χ1v) is 15.5. The van der Waals surface area contributed by atoms with Gasteiger partial charge in [0, 0.05) is 17.0 Å². The van der Waals surface area contributed by atoms with E-state index >= 15 is 0 Å². The first-order chi connectivity index (χ1) is 19.3. The Labute approximate surface area is 239 Å². The molecule has 0 amide bonds. The number of aromatic nitrogens is 1. The molecule has 4 aromatic carbocycles. The number of aryl methyl sites for hydroxylation is 4. The van der Waals surface area contributed by atoms with E-state index in [-0.39, 0.29) is 0 Å². The molecular formula is C38H42NO+. The van der Waals surface area contributed by atoms with Gasteiger partial charge in [-0.3, -0.25) is 0 Å². The number of pyridine rings is 1. The van der Waals surface area contributed by atoms with Gasteiger partial charge < -0.3 is 4.74 Å². The zero-order valence-electron chi connectivity index (χ0n) is 25.1. The monoisotopic (exact) mass is 528 g/mol. The van der Waals surface area contributed by atoms with Gasteiger partial charge >= 0.3 is 0 Å². The number of hydrogen-bond acceptors (Lipinski definition) is 1. The van der Waals surface area contributed by atoms with Gasteiger partial charge in [-0.15, -0.1) is 0 Å². The quantitative estimate of drug-likeness (QED) is 0.164. The van der Waals surface area contributed by atoms with Crippen LogP contribution >= 0.6 is 0 Å². The minimum absolute atomic E-state index is 0.463. The Morgan fingerprint density at radius 3 is 2.45 bits per heavy atom. The molecule has 2 heteroatoms. The van der Waals surface area contributed by atoms with Crippen LogP contribution in [-0.2, 0) is 19.9 Å². The number of benzene rings is 4. The number of nitrogens with zero attached hydrogens (tertiary/aromatic N) is 1. The second-order valence-electron chi connectivity index (χ2n) is 13.2. The Hall–Kier alpha value is -3.39. The van der Waals surface area contributed by atoms with Crippen molar-refractivity contribution in [3.63, 3.8) is 0 Å². The Morgan fingerprint density at radius 1 is 0.900 bits per heavy atom. The Morgan fingerprint density at radius 2 is 1.70 bits per heavy atom. The van der Waals surface area contributed by atoms with Gasteiger partial charge in [-0.1, -0.05) is 70.5 Å². The fourth-order valence-electron chi connectivity index (χ4n) is 7.72. The molecule has 204 valence electrons. The Kier molecular flexibility index (Phi) is 5.97. The number of fused-ring (bicyclic) bond motifs is 5. The summed E-state index contributed by atoms with van der Waals surface area (Å²) >= 11 is 0. The first kappa shape index (κ1) is 25.6. The van der Waals surface area contributed by atoms with Crippen LogP contribution in [0.15, 0.2) is 54.7 Å². The Balaban J connectivity index is 1.53. The van der Waals surface area contributed by atoms with Crippen molar-refractivity contribution in [2.75, 3.05) is 0 Å². The summed E-state index contributed by atoms with van der Waals surface area (Å²) in [7, 11) is 2.20. The molecule has 2 heterocycles. The summed E-state index contributed by atoms with van der Waals surface area (Å²) in [4.78, 5) is 0. The van der Waals surface area contributed by atoms with Crippen molar-refractivity contribution < 1.29 is 9.30 Å². The van der Waals surface area contributed by atoms with Crippen molar-refractivity contribution in [3.8, 4) is 22.8 Å². The highest BCUT2D eigenvalue weighted by atomic mass is 16.5. The van der Waals surface area contributed by atoms with E-state index in [0.29, 0.717) is 11.3 Å². The SMILES string of the molecule is CCCc1c2c(c(C)c3cc(CC)ccc13)-c1c3c(cc4c(C5CCC(C)(C)CC5)cccc4c3cc[n+]1C)O2. The minimum atomic E-state index is 0.463. The van der Waals surface area contributed by atoms with E-state index in [0.717, 1.165) is 30.8 Å². The summed E-state index contributed by atoms with van der Waals surface area (Å²) in [6, 6.07) is 18.8. The third kappa shape index (κ3) is 3.79. The molecule has 1 aliphatic heterocycles. The maximum Gasteiger partial charge on any atom is 0.228 e. The van der Waals surface area contributed by atoms with Gasteiger partial charge in [-0.25, -0.2) is 4.57 Å². The molecule has 0 radical (unpaired) electrons. The summed E-state index contributed by atoms with van der Waals surface area (Å²) in [5.74, 6) is 2.71.